The number of benzene rings is 1. The van der Waals surface area contributed by atoms with Gasteiger partial charge in [-0.25, -0.2) is 13.1 Å². The summed E-state index contributed by atoms with van der Waals surface area (Å²) >= 11 is 0. The van der Waals surface area contributed by atoms with Gasteiger partial charge in [0.25, 0.3) is 0 Å². The molecule has 0 aliphatic heterocycles. The molecule has 7 nitrogen and oxygen atoms in total. The molecule has 0 spiro atoms. The Morgan fingerprint density at radius 1 is 1.38 bits per heavy atom. The first-order chi connectivity index (χ1) is 9.94. The van der Waals surface area contributed by atoms with E-state index in [1.165, 1.54) is 0 Å². The Labute approximate surface area is 124 Å². The Morgan fingerprint density at radius 3 is 2.71 bits per heavy atom. The third-order valence-corrected chi connectivity index (χ3v) is 4.83. The second-order valence-corrected chi connectivity index (χ2v) is 6.55. The lowest BCUT2D eigenvalue weighted by molar-refractivity contribution is 0.579. The Kier molecular flexibility index (Phi) is 4.71. The third-order valence-electron chi connectivity index (χ3n) is 3.21. The van der Waals surface area contributed by atoms with E-state index in [9.17, 15) is 8.42 Å². The Bertz CT molecular complexity index is 724. The summed E-state index contributed by atoms with van der Waals surface area (Å²) in [5.41, 5.74) is 7.14. The lowest BCUT2D eigenvalue weighted by atomic mass is 10.1. The van der Waals surface area contributed by atoms with Gasteiger partial charge in [-0.15, -0.1) is 10.2 Å². The molecular formula is C13H19N5O2S. The first-order valence-electron chi connectivity index (χ1n) is 6.56. The lowest BCUT2D eigenvalue weighted by Crippen LogP contribution is -2.27. The second kappa shape index (κ2) is 6.33. The largest absolute Gasteiger partial charge is 0.326 e. The first-order valence-corrected chi connectivity index (χ1v) is 8.04. The number of sulfonamides is 1. The Balaban J connectivity index is 2.06. The van der Waals surface area contributed by atoms with Crippen molar-refractivity contribution in [1.82, 2.24) is 19.5 Å². The molecule has 0 amide bonds. The Hall–Kier alpha value is -1.77. The molecule has 1 heterocycles. The van der Waals surface area contributed by atoms with Gasteiger partial charge in [0.1, 0.15) is 12.2 Å². The molecule has 2 rings (SSSR count). The molecule has 0 atom stereocenters. The summed E-state index contributed by atoms with van der Waals surface area (Å²) in [6.07, 6.45) is 2.06. The van der Waals surface area contributed by atoms with E-state index in [1.54, 1.807) is 36.0 Å². The van der Waals surface area contributed by atoms with Crippen LogP contribution in [-0.4, -0.2) is 29.7 Å². The predicted octanol–water partition coefficient (Wildman–Crippen LogP) is 0.103. The highest BCUT2D eigenvalue weighted by atomic mass is 32.2. The van der Waals surface area contributed by atoms with Gasteiger partial charge in [0.05, 0.1) is 4.90 Å². The summed E-state index contributed by atoms with van der Waals surface area (Å²) in [6, 6.07) is 5.10. The molecule has 114 valence electrons. The minimum atomic E-state index is -3.53. The molecule has 0 saturated carbocycles. The van der Waals surface area contributed by atoms with Gasteiger partial charge >= 0.3 is 0 Å². The van der Waals surface area contributed by atoms with Crippen molar-refractivity contribution < 1.29 is 8.42 Å². The summed E-state index contributed by atoms with van der Waals surface area (Å²) in [4.78, 5) is 0.276. The molecule has 0 bridgehead atoms. The highest BCUT2D eigenvalue weighted by Gasteiger charge is 2.16. The van der Waals surface area contributed by atoms with Gasteiger partial charge in [-0.2, -0.15) is 0 Å². The summed E-state index contributed by atoms with van der Waals surface area (Å²) in [5.74, 6) is 0.730. The van der Waals surface area contributed by atoms with Gasteiger partial charge in [-0.05, 0) is 24.1 Å². The zero-order valence-electron chi connectivity index (χ0n) is 12.1. The first kappa shape index (κ1) is 15.6. The van der Waals surface area contributed by atoms with E-state index in [0.29, 0.717) is 18.5 Å². The molecule has 21 heavy (non-hydrogen) atoms. The van der Waals surface area contributed by atoms with Gasteiger partial charge in [0, 0.05) is 26.6 Å². The van der Waals surface area contributed by atoms with E-state index in [2.05, 4.69) is 14.9 Å². The number of hydrogen-bond acceptors (Lipinski definition) is 5. The smallest absolute Gasteiger partial charge is 0.240 e. The molecule has 1 aromatic carbocycles. The monoisotopic (exact) mass is 309 g/mol. The van der Waals surface area contributed by atoms with E-state index in [0.717, 1.165) is 11.4 Å². The van der Waals surface area contributed by atoms with Gasteiger partial charge in [0.2, 0.25) is 10.0 Å². The summed E-state index contributed by atoms with van der Waals surface area (Å²) in [5, 5.41) is 7.66. The van der Waals surface area contributed by atoms with Gasteiger partial charge < -0.3 is 10.3 Å². The highest BCUT2D eigenvalue weighted by molar-refractivity contribution is 7.89. The van der Waals surface area contributed by atoms with Gasteiger partial charge in [-0.1, -0.05) is 12.1 Å². The van der Waals surface area contributed by atoms with Crippen LogP contribution in [0, 0.1) is 6.92 Å². The number of nitrogens with zero attached hydrogens (tertiary/aromatic N) is 3. The van der Waals surface area contributed by atoms with Crippen molar-refractivity contribution in [3.05, 3.63) is 41.5 Å². The van der Waals surface area contributed by atoms with E-state index in [1.807, 2.05) is 7.05 Å². The van der Waals surface area contributed by atoms with Crippen molar-refractivity contribution in [1.29, 1.82) is 0 Å². The zero-order valence-corrected chi connectivity index (χ0v) is 12.9. The fraction of sp³-hybridized carbons (Fsp3) is 0.385. The van der Waals surface area contributed by atoms with Crippen molar-refractivity contribution >= 4 is 10.0 Å². The molecular weight excluding hydrogens is 290 g/mol. The Morgan fingerprint density at radius 2 is 2.14 bits per heavy atom. The average Bonchev–Trinajstić information content (AvgIpc) is 2.83. The van der Waals surface area contributed by atoms with Crippen LogP contribution in [0.1, 0.15) is 17.0 Å². The summed E-state index contributed by atoms with van der Waals surface area (Å²) in [7, 11) is -1.71. The molecule has 2 aromatic rings. The molecule has 0 fully saturated rings. The fourth-order valence-corrected chi connectivity index (χ4v) is 3.30. The number of hydrogen-bond donors (Lipinski definition) is 2. The maximum Gasteiger partial charge on any atom is 0.240 e. The molecule has 0 saturated heterocycles. The molecule has 0 aliphatic rings. The van der Waals surface area contributed by atoms with E-state index in [4.69, 9.17) is 5.73 Å². The minimum Gasteiger partial charge on any atom is -0.326 e. The lowest BCUT2D eigenvalue weighted by Gasteiger charge is -2.10. The maximum absolute atomic E-state index is 12.3. The minimum absolute atomic E-state index is 0.271. The molecule has 0 radical (unpaired) electrons. The van der Waals surface area contributed by atoms with Crippen LogP contribution in [-0.2, 0) is 30.0 Å². The van der Waals surface area contributed by atoms with E-state index >= 15 is 0 Å². The van der Waals surface area contributed by atoms with Crippen LogP contribution in [0.5, 0.6) is 0 Å². The van der Waals surface area contributed by atoms with Crippen LogP contribution in [0.25, 0.3) is 0 Å². The topological polar surface area (TPSA) is 103 Å². The van der Waals surface area contributed by atoms with Gasteiger partial charge in [-0.3, -0.25) is 0 Å². The summed E-state index contributed by atoms with van der Waals surface area (Å²) in [6.45, 7) is 2.42. The number of nitrogens with one attached hydrogen (secondary N) is 1. The predicted molar refractivity (Wildman–Crippen MR) is 79.0 cm³/mol. The van der Waals surface area contributed by atoms with Crippen molar-refractivity contribution in [2.45, 2.75) is 24.8 Å². The standard InChI is InChI=1S/C13H19N5O2S/c1-10-7-11(8-14)3-4-12(10)21(19,20)16-6-5-13-17-15-9-18(13)2/h3-4,7,9,16H,5-6,8,14H2,1-2H3. The van der Waals surface area contributed by atoms with Crippen LogP contribution in [0.15, 0.2) is 29.4 Å². The SMILES string of the molecule is Cc1cc(CN)ccc1S(=O)(=O)NCCc1nncn1C. The van der Waals surface area contributed by atoms with Crippen LogP contribution in [0.2, 0.25) is 0 Å². The fourth-order valence-electron chi connectivity index (χ4n) is 2.05. The zero-order chi connectivity index (χ0) is 15.5. The van der Waals surface area contributed by atoms with Crippen molar-refractivity contribution in [3.63, 3.8) is 0 Å². The number of rotatable bonds is 6. The van der Waals surface area contributed by atoms with Crippen molar-refractivity contribution in [2.75, 3.05) is 6.54 Å². The van der Waals surface area contributed by atoms with E-state index < -0.39 is 10.0 Å². The molecule has 1 aromatic heterocycles. The van der Waals surface area contributed by atoms with Crippen LogP contribution < -0.4 is 10.5 Å². The van der Waals surface area contributed by atoms with Crippen LogP contribution in [0.3, 0.4) is 0 Å². The third kappa shape index (κ3) is 3.66. The average molecular weight is 309 g/mol. The molecule has 3 N–H and O–H groups in total. The summed E-state index contributed by atoms with van der Waals surface area (Å²) < 4.78 is 28.9. The van der Waals surface area contributed by atoms with E-state index in [-0.39, 0.29) is 11.4 Å². The molecule has 0 unspecified atom stereocenters. The quantitative estimate of drug-likeness (QED) is 0.788. The van der Waals surface area contributed by atoms with Gasteiger partial charge in [0.15, 0.2) is 0 Å². The van der Waals surface area contributed by atoms with Crippen LogP contribution >= 0.6 is 0 Å². The normalized spacial score (nSPS) is 11.8. The molecule has 8 heteroatoms. The highest BCUT2D eigenvalue weighted by Crippen LogP contribution is 2.16. The van der Waals surface area contributed by atoms with Crippen molar-refractivity contribution in [2.24, 2.45) is 12.8 Å². The number of aromatic nitrogens is 3. The maximum atomic E-state index is 12.3. The number of nitrogens with two attached hydrogens (primary N) is 1. The molecule has 0 aliphatic carbocycles. The number of aryl methyl sites for hydroxylation is 2. The van der Waals surface area contributed by atoms with Crippen LogP contribution in [0.4, 0.5) is 0 Å². The van der Waals surface area contributed by atoms with Crippen molar-refractivity contribution in [3.8, 4) is 0 Å². The second-order valence-electron chi connectivity index (χ2n) is 4.81.